The summed E-state index contributed by atoms with van der Waals surface area (Å²) in [5.41, 5.74) is 18.3. The number of aromatic nitrogens is 12. The number of fused-ring (bicyclic) bond motifs is 3. The molecule has 6 rings (SSSR count). The molecular weight excluding hydrogens is 1750 g/mol. The fraction of sp³-hybridized carbons (Fsp3) is 0.716. The predicted octanol–water partition coefficient (Wildman–Crippen LogP) is 8.91. The van der Waals surface area contributed by atoms with Crippen LogP contribution in [0.1, 0.15) is 140 Å². The molecule has 0 fully saturated rings. The quantitative estimate of drug-likeness (QED) is 0.00967. The number of nitrogens with zero attached hydrogens (tertiary/aromatic N) is 20. The van der Waals surface area contributed by atoms with E-state index < -0.39 is 43.5 Å². The van der Waals surface area contributed by atoms with Crippen LogP contribution in [0.4, 0.5) is 17.8 Å². The van der Waals surface area contributed by atoms with Gasteiger partial charge in [0.1, 0.15) is 5.52 Å². The average Bonchev–Trinajstić information content (AvgIpc) is 1.67. The van der Waals surface area contributed by atoms with Gasteiger partial charge in [0.15, 0.2) is 33.1 Å². The predicted molar refractivity (Wildman–Crippen MR) is 478 cm³/mol. The largest absolute Gasteiger partial charge is 0.395 e. The summed E-state index contributed by atoms with van der Waals surface area (Å²) in [6, 6.07) is 12.3. The van der Waals surface area contributed by atoms with E-state index in [-0.39, 0.29) is 77.8 Å². The first-order valence-corrected chi connectivity index (χ1v) is 50.6. The zero-order valence-electron chi connectivity index (χ0n) is 73.8. The van der Waals surface area contributed by atoms with Crippen molar-refractivity contribution in [2.45, 2.75) is 160 Å². The van der Waals surface area contributed by atoms with Crippen LogP contribution < -0.4 is 33.6 Å². The maximum atomic E-state index is 12.7. The van der Waals surface area contributed by atoms with Crippen LogP contribution in [0.2, 0.25) is 5.15 Å². The number of aliphatic hydroxyl groups excluding tert-OH is 2. The van der Waals surface area contributed by atoms with Gasteiger partial charge in [-0.1, -0.05) is 25.4 Å². The first-order valence-electron chi connectivity index (χ1n) is 41.5. The van der Waals surface area contributed by atoms with Crippen LogP contribution in [0.15, 0.2) is 28.6 Å². The van der Waals surface area contributed by atoms with Gasteiger partial charge in [-0.2, -0.15) is 51.5 Å². The molecule has 13 N–H and O–H groups in total. The molecule has 0 aliphatic carbocycles. The number of unbranched alkanes of at least 4 members (excludes halogenated alkanes) is 6. The van der Waals surface area contributed by atoms with E-state index in [9.17, 15) is 32.4 Å². The standard InChI is InChI=1S/C17H27ClN7O3P.C17H28N7O4P.C13H20N7O4P.C12H25N2O4P.C8H20NO4P.C5H6N2.C2H6/c1-3-27-29(26,28-4-2)12-11-24(8-6-5-7-19)9-10-25-13-21-14-15(18)22-17(20)23-16(14)25;1-3-27-29(26,28-4-2)12-11-23(8-6-5-7-18)9-10-24-13-20-14-15(24)21-17(19)22-16(14)25;14-3-1-2-4-19(7-8-25(22,23)24)5-6-20-9-16-10-11(20)17-13(15)18-12(10)21;1-3-17-19(16,18-4-2)12-10-14(9-11-15)8-6-5-7-13;1-3-12-14(11,13-4-2)8-6-9-5-7-10;6-4-2-1-3-5-7;1-2/h13H,3-6,8-12H2,1-2H3,(H2,20,22,23);13H,3-6,8-12H2,1-2H3,(H3,19,21,22,25);9H,1-2,4-8H2,(H2,22,23,24)(H3,15,17,18,21);15H,3-6,8-12H2,1-2H3;9-10H,3-8H2,1-2H3;1-3H2;1-2H3. The van der Waals surface area contributed by atoms with Crippen molar-refractivity contribution in [3.63, 3.8) is 0 Å². The number of imidazole rings is 3. The van der Waals surface area contributed by atoms with Crippen LogP contribution in [0.25, 0.3) is 33.5 Å². The fourth-order valence-corrected chi connectivity index (χ4v) is 18.3. The number of nitrogen functional groups attached to an aromatic ring is 3. The van der Waals surface area contributed by atoms with E-state index in [0.29, 0.717) is 250 Å². The summed E-state index contributed by atoms with van der Waals surface area (Å²) >= 11 is 6.08. The second kappa shape index (κ2) is 69.4. The smallest absolute Gasteiger partial charge is 0.331 e. The number of H-pyrrole nitrogens is 2. The summed E-state index contributed by atoms with van der Waals surface area (Å²) in [6.07, 6.45) is 11.8. The van der Waals surface area contributed by atoms with Gasteiger partial charge in [0.05, 0.1) is 152 Å². The second-order valence-corrected chi connectivity index (χ2v) is 36.8. The van der Waals surface area contributed by atoms with Gasteiger partial charge < -0.3 is 112 Å². The fourth-order valence-electron chi connectivity index (χ4n) is 11.1. The number of nitrogens with two attached hydrogens (primary N) is 3. The van der Waals surface area contributed by atoms with Gasteiger partial charge in [-0.15, -0.1) is 0 Å². The lowest BCUT2D eigenvalue weighted by molar-refractivity contribution is 0.189. The molecule has 6 aromatic rings. The van der Waals surface area contributed by atoms with E-state index in [2.05, 4.69) is 78.2 Å². The summed E-state index contributed by atoms with van der Waals surface area (Å²) in [5.74, 6) is 0.112. The van der Waals surface area contributed by atoms with E-state index >= 15 is 0 Å². The van der Waals surface area contributed by atoms with E-state index in [4.69, 9.17) is 117 Å². The Kier molecular flexibility index (Phi) is 65.2. The minimum absolute atomic E-state index is 0.00775. The number of nitriles is 6. The van der Waals surface area contributed by atoms with Gasteiger partial charge >= 0.3 is 38.0 Å². The first kappa shape index (κ1) is 117. The summed E-state index contributed by atoms with van der Waals surface area (Å²) in [7, 11) is -16.3. The van der Waals surface area contributed by atoms with Gasteiger partial charge in [-0.3, -0.25) is 42.4 Å². The SMILES string of the molecule is CC.CCOP(=O)(CCN(CCCC#N)CCn1cnc2c(=O)[nH]c(N)nc21)OCC.CCOP(=O)(CCN(CCCC#N)CCn1cnc2c(Cl)nc(N)nc21)OCC.CCOP(=O)(CCN(CCO)CCCC#N)OCC.CCOP(=O)(CCNCCO)OCC.N#CCCCC#N.N#CCCCN(CCn1cnc2c(=O)[nH]c(N)nc21)CCP(=O)(O)O. The topological polar surface area (TPSA) is 657 Å². The molecule has 0 saturated carbocycles. The van der Waals surface area contributed by atoms with Gasteiger partial charge in [0, 0.05) is 124 Å². The number of hydrogen-bond donors (Lipinski definition) is 10. The third-order valence-corrected chi connectivity index (χ3v) is 25.9. The van der Waals surface area contributed by atoms with Gasteiger partial charge in [-0.05, 0) is 114 Å². The monoisotopic (exact) mass is 1880 g/mol. The van der Waals surface area contributed by atoms with Crippen molar-refractivity contribution in [2.24, 2.45) is 0 Å². The number of rotatable bonds is 58. The Morgan fingerprint density at radius 1 is 0.408 bits per heavy atom. The summed E-state index contributed by atoms with van der Waals surface area (Å²) in [5, 5.41) is 71.3. The van der Waals surface area contributed by atoms with Crippen molar-refractivity contribution in [3.8, 4) is 36.4 Å². The number of aliphatic hydroxyl groups is 2. The number of aromatic amines is 2. The Bertz CT molecular complexity index is 4560. The molecule has 6 aromatic heterocycles. The van der Waals surface area contributed by atoms with E-state index in [1.807, 2.05) is 46.4 Å². The molecule has 51 heteroatoms. The Hall–Kier alpha value is -7.65. The molecule has 0 radical (unpaired) electrons. The van der Waals surface area contributed by atoms with Crippen molar-refractivity contribution in [3.05, 3.63) is 44.8 Å². The van der Waals surface area contributed by atoms with Gasteiger partial charge in [0.25, 0.3) is 11.1 Å². The zero-order chi connectivity index (χ0) is 94.0. The Balaban J connectivity index is 0.00000153. The van der Waals surface area contributed by atoms with Crippen LogP contribution in [-0.2, 0) is 78.6 Å². The number of halogens is 1. The Morgan fingerprint density at radius 3 is 0.992 bits per heavy atom. The molecule has 125 heavy (non-hydrogen) atoms. The summed E-state index contributed by atoms with van der Waals surface area (Å²) in [6.45, 7) is 30.2. The highest BCUT2D eigenvalue weighted by Crippen LogP contribution is 2.50. The molecule has 0 atom stereocenters. The van der Waals surface area contributed by atoms with Crippen LogP contribution in [0.3, 0.4) is 0 Å². The van der Waals surface area contributed by atoms with Crippen LogP contribution in [0.5, 0.6) is 0 Å². The molecule has 0 saturated heterocycles. The minimum atomic E-state index is -4.09. The highest BCUT2D eigenvalue weighted by molar-refractivity contribution is 7.54. The molecule has 45 nitrogen and oxygen atoms in total. The molecular formula is C74H132ClN26O19P5. The van der Waals surface area contributed by atoms with Gasteiger partial charge in [-0.25, -0.2) is 15.0 Å². The normalized spacial score (nSPS) is 11.5. The van der Waals surface area contributed by atoms with Crippen molar-refractivity contribution in [1.82, 2.24) is 83.5 Å². The summed E-state index contributed by atoms with van der Waals surface area (Å²) < 4.78 is 108. The van der Waals surface area contributed by atoms with E-state index in [0.717, 1.165) is 12.8 Å². The Morgan fingerprint density at radius 2 is 0.696 bits per heavy atom. The van der Waals surface area contributed by atoms with E-state index in [1.54, 1.807) is 77.2 Å². The molecule has 0 aliphatic heterocycles. The highest BCUT2D eigenvalue weighted by Gasteiger charge is 2.29. The molecule has 0 amide bonds. The lowest BCUT2D eigenvalue weighted by Crippen LogP contribution is -2.31. The zero-order valence-corrected chi connectivity index (χ0v) is 79.1. The van der Waals surface area contributed by atoms with Crippen molar-refractivity contribution >= 4 is 101 Å². The van der Waals surface area contributed by atoms with E-state index in [1.165, 1.54) is 6.33 Å². The molecule has 0 unspecified atom stereocenters. The summed E-state index contributed by atoms with van der Waals surface area (Å²) in [4.78, 5) is 83.3. The molecule has 0 bridgehead atoms. The maximum Gasteiger partial charge on any atom is 0.331 e. The lowest BCUT2D eigenvalue weighted by atomic mass is 10.3. The number of anilines is 3. The molecule has 0 aliphatic rings. The molecule has 0 spiro atoms. The van der Waals surface area contributed by atoms with Crippen molar-refractivity contribution in [2.75, 3.05) is 206 Å². The van der Waals surface area contributed by atoms with Gasteiger partial charge in [0.2, 0.25) is 17.8 Å². The van der Waals surface area contributed by atoms with Crippen molar-refractivity contribution < 1.29 is 79.0 Å². The van der Waals surface area contributed by atoms with Crippen LogP contribution >= 0.6 is 49.6 Å². The van der Waals surface area contributed by atoms with Crippen molar-refractivity contribution in [1.29, 1.82) is 31.6 Å². The molecule has 704 valence electrons. The lowest BCUT2D eigenvalue weighted by Gasteiger charge is -2.25. The molecule has 0 aromatic carbocycles. The van der Waals surface area contributed by atoms with Crippen LogP contribution in [0, 0.1) is 68.0 Å². The second-order valence-electron chi connectivity index (χ2n) is 26.0. The Labute approximate surface area is 737 Å². The average molecular weight is 1880 g/mol. The minimum Gasteiger partial charge on any atom is -0.395 e. The highest BCUT2D eigenvalue weighted by atomic mass is 35.5. The number of nitrogens with one attached hydrogen (secondary N) is 3. The number of hydrogen-bond acceptors (Lipinski definition) is 38. The third kappa shape index (κ3) is 51.2. The third-order valence-electron chi connectivity index (χ3n) is 16.7. The maximum absolute atomic E-state index is 12.7. The van der Waals surface area contributed by atoms with Crippen LogP contribution in [-0.4, -0.2) is 287 Å². The molecule has 6 heterocycles. The first-order chi connectivity index (χ1) is 59.8.